The molecule has 6 nitrogen and oxygen atoms in total. The van der Waals surface area contributed by atoms with E-state index in [1.165, 1.54) is 11.3 Å². The summed E-state index contributed by atoms with van der Waals surface area (Å²) >= 11 is 1.50. The van der Waals surface area contributed by atoms with Gasteiger partial charge in [-0.25, -0.2) is 13.1 Å². The van der Waals surface area contributed by atoms with Gasteiger partial charge in [-0.1, -0.05) is 0 Å². The smallest absolute Gasteiger partial charge is 0.241 e. The van der Waals surface area contributed by atoms with E-state index < -0.39 is 10.0 Å². The second kappa shape index (κ2) is 6.91. The maximum Gasteiger partial charge on any atom is 0.241 e. The van der Waals surface area contributed by atoms with Gasteiger partial charge < -0.3 is 5.32 Å². The van der Waals surface area contributed by atoms with E-state index in [4.69, 9.17) is 0 Å². The van der Waals surface area contributed by atoms with Gasteiger partial charge in [-0.2, -0.15) is 5.10 Å². The molecule has 0 radical (unpaired) electrons. The average Bonchev–Trinajstić information content (AvgIpc) is 3.00. The minimum absolute atomic E-state index is 0.128. The summed E-state index contributed by atoms with van der Waals surface area (Å²) in [4.78, 5) is 2.21. The maximum absolute atomic E-state index is 12.2. The summed E-state index contributed by atoms with van der Waals surface area (Å²) in [7, 11) is -1.55. The summed E-state index contributed by atoms with van der Waals surface area (Å²) in [6, 6.07) is 1.84. The van der Waals surface area contributed by atoms with Crippen molar-refractivity contribution in [3.63, 3.8) is 0 Å². The Bertz CT molecular complexity index is 734. The second-order valence-electron chi connectivity index (χ2n) is 5.30. The van der Waals surface area contributed by atoms with Crippen LogP contribution in [-0.4, -0.2) is 31.3 Å². The van der Waals surface area contributed by atoms with Crippen LogP contribution in [0, 0.1) is 13.8 Å². The molecule has 0 aliphatic heterocycles. The molecule has 2 heterocycles. The summed E-state index contributed by atoms with van der Waals surface area (Å²) < 4.78 is 28.9. The number of nitrogens with zero attached hydrogens (tertiary/aromatic N) is 2. The van der Waals surface area contributed by atoms with Gasteiger partial charge in [-0.3, -0.25) is 4.68 Å². The highest BCUT2D eigenvalue weighted by Gasteiger charge is 2.18. The quantitative estimate of drug-likeness (QED) is 0.751. The van der Waals surface area contributed by atoms with Crippen LogP contribution < -0.4 is 10.0 Å². The van der Waals surface area contributed by atoms with E-state index >= 15 is 0 Å². The Morgan fingerprint density at radius 3 is 2.64 bits per heavy atom. The van der Waals surface area contributed by atoms with Crippen molar-refractivity contribution in [1.29, 1.82) is 0 Å². The van der Waals surface area contributed by atoms with Crippen LogP contribution in [0.4, 0.5) is 0 Å². The first kappa shape index (κ1) is 17.1. The molecule has 0 spiro atoms. The molecule has 22 heavy (non-hydrogen) atoms. The molecule has 2 N–H and O–H groups in total. The molecule has 0 amide bonds. The fourth-order valence-electron chi connectivity index (χ4n) is 2.21. The Morgan fingerprint density at radius 1 is 1.36 bits per heavy atom. The van der Waals surface area contributed by atoms with E-state index in [0.717, 1.165) is 15.3 Å². The summed E-state index contributed by atoms with van der Waals surface area (Å²) in [5, 5.41) is 7.40. The number of nitrogens with one attached hydrogen (secondary N) is 2. The van der Waals surface area contributed by atoms with Gasteiger partial charge in [-0.15, -0.1) is 11.3 Å². The molecule has 0 bridgehead atoms. The molecule has 8 heteroatoms. The SMILES string of the molecule is Cc1cc(S(=O)(=O)NCCN[C@H](C)c2cnn(C)c2)c(C)s1. The lowest BCUT2D eigenvalue weighted by molar-refractivity contribution is 0.553. The van der Waals surface area contributed by atoms with Gasteiger partial charge in [0.25, 0.3) is 0 Å². The molecule has 1 atom stereocenters. The van der Waals surface area contributed by atoms with E-state index in [9.17, 15) is 8.42 Å². The van der Waals surface area contributed by atoms with Crippen LogP contribution in [0.15, 0.2) is 23.4 Å². The first-order chi connectivity index (χ1) is 10.3. The highest BCUT2D eigenvalue weighted by molar-refractivity contribution is 7.89. The van der Waals surface area contributed by atoms with Crippen LogP contribution in [0.2, 0.25) is 0 Å². The molecule has 2 rings (SSSR count). The number of hydrogen-bond donors (Lipinski definition) is 2. The molecule has 2 aromatic rings. The standard InChI is InChI=1S/C14H22N4O2S2/c1-10-7-14(12(3)21-10)22(19,20)17-6-5-15-11(2)13-8-16-18(4)9-13/h7-9,11,15,17H,5-6H2,1-4H3/t11-/m1/s1. The van der Waals surface area contributed by atoms with E-state index in [1.807, 2.05) is 34.0 Å². The lowest BCUT2D eigenvalue weighted by Crippen LogP contribution is -2.33. The zero-order valence-corrected chi connectivity index (χ0v) is 14.9. The minimum Gasteiger partial charge on any atom is -0.309 e. The summed E-state index contributed by atoms with van der Waals surface area (Å²) in [6.45, 7) is 6.67. The van der Waals surface area contributed by atoms with Gasteiger partial charge in [-0.05, 0) is 26.8 Å². The fraction of sp³-hybridized carbons (Fsp3) is 0.500. The second-order valence-corrected chi connectivity index (χ2v) is 8.49. The van der Waals surface area contributed by atoms with E-state index in [-0.39, 0.29) is 6.04 Å². The van der Waals surface area contributed by atoms with Gasteiger partial charge in [0, 0.05) is 47.7 Å². The average molecular weight is 342 g/mol. The molecule has 122 valence electrons. The van der Waals surface area contributed by atoms with E-state index in [0.29, 0.717) is 18.0 Å². The zero-order chi connectivity index (χ0) is 16.3. The number of rotatable bonds is 7. The van der Waals surface area contributed by atoms with Crippen LogP contribution in [0.1, 0.15) is 28.3 Å². The third-order valence-electron chi connectivity index (χ3n) is 3.38. The van der Waals surface area contributed by atoms with Gasteiger partial charge >= 0.3 is 0 Å². The van der Waals surface area contributed by atoms with Crippen molar-refractivity contribution in [3.8, 4) is 0 Å². The maximum atomic E-state index is 12.2. The number of hydrogen-bond acceptors (Lipinski definition) is 5. The van der Waals surface area contributed by atoms with E-state index in [2.05, 4.69) is 15.1 Å². The minimum atomic E-state index is -3.42. The molecular weight excluding hydrogens is 320 g/mol. The molecule has 0 fully saturated rings. The first-order valence-corrected chi connectivity index (χ1v) is 9.38. The summed E-state index contributed by atoms with van der Waals surface area (Å²) in [5.74, 6) is 0. The molecule has 0 unspecified atom stereocenters. The lowest BCUT2D eigenvalue weighted by atomic mass is 10.2. The van der Waals surface area contributed by atoms with Crippen LogP contribution in [0.25, 0.3) is 0 Å². The number of aryl methyl sites for hydroxylation is 3. The van der Waals surface area contributed by atoms with Crippen molar-refractivity contribution in [2.24, 2.45) is 7.05 Å². The summed E-state index contributed by atoms with van der Waals surface area (Å²) in [5.41, 5.74) is 1.08. The monoisotopic (exact) mass is 342 g/mol. The van der Waals surface area contributed by atoms with Crippen LogP contribution in [0.3, 0.4) is 0 Å². The third kappa shape index (κ3) is 4.16. The Labute approximate surface area is 135 Å². The molecule has 0 aliphatic carbocycles. The predicted molar refractivity (Wildman–Crippen MR) is 88.6 cm³/mol. The topological polar surface area (TPSA) is 76.0 Å². The van der Waals surface area contributed by atoms with Gasteiger partial charge in [0.15, 0.2) is 0 Å². The van der Waals surface area contributed by atoms with Crippen molar-refractivity contribution >= 4 is 21.4 Å². The number of thiophene rings is 1. The number of aromatic nitrogens is 2. The fourth-order valence-corrected chi connectivity index (χ4v) is 4.79. The van der Waals surface area contributed by atoms with Gasteiger partial charge in [0.2, 0.25) is 10.0 Å². The molecule has 0 aliphatic rings. The normalized spacial score (nSPS) is 13.5. The van der Waals surface area contributed by atoms with Crippen LogP contribution in [-0.2, 0) is 17.1 Å². The molecule has 0 saturated carbocycles. The Morgan fingerprint density at radius 2 is 2.09 bits per heavy atom. The summed E-state index contributed by atoms with van der Waals surface area (Å²) in [6.07, 6.45) is 3.75. The van der Waals surface area contributed by atoms with Crippen molar-refractivity contribution < 1.29 is 8.42 Å². The lowest BCUT2D eigenvalue weighted by Gasteiger charge is -2.12. The largest absolute Gasteiger partial charge is 0.309 e. The first-order valence-electron chi connectivity index (χ1n) is 7.08. The molecular formula is C14H22N4O2S2. The highest BCUT2D eigenvalue weighted by Crippen LogP contribution is 2.24. The number of sulfonamides is 1. The Kier molecular flexibility index (Phi) is 5.38. The van der Waals surface area contributed by atoms with Crippen LogP contribution >= 0.6 is 11.3 Å². The van der Waals surface area contributed by atoms with Crippen molar-refractivity contribution in [2.45, 2.75) is 31.7 Å². The van der Waals surface area contributed by atoms with Crippen LogP contribution in [0.5, 0.6) is 0 Å². The van der Waals surface area contributed by atoms with Crippen molar-refractivity contribution in [2.75, 3.05) is 13.1 Å². The predicted octanol–water partition coefficient (Wildman–Crippen LogP) is 1.73. The molecule has 2 aromatic heterocycles. The molecule has 0 aromatic carbocycles. The van der Waals surface area contributed by atoms with Crippen molar-refractivity contribution in [3.05, 3.63) is 33.8 Å². The van der Waals surface area contributed by atoms with Crippen molar-refractivity contribution in [1.82, 2.24) is 19.8 Å². The highest BCUT2D eigenvalue weighted by atomic mass is 32.2. The third-order valence-corrected chi connectivity index (χ3v) is 6.06. The van der Waals surface area contributed by atoms with Gasteiger partial charge in [0.05, 0.1) is 11.1 Å². The zero-order valence-electron chi connectivity index (χ0n) is 13.3. The Balaban J connectivity index is 1.84. The van der Waals surface area contributed by atoms with Gasteiger partial charge in [0.1, 0.15) is 0 Å². The van der Waals surface area contributed by atoms with E-state index in [1.54, 1.807) is 16.9 Å². The molecule has 0 saturated heterocycles. The Hall–Kier alpha value is -1.22.